The fourth-order valence-electron chi connectivity index (χ4n) is 1.86. The van der Waals surface area contributed by atoms with Gasteiger partial charge in [0.2, 0.25) is 0 Å². The first-order chi connectivity index (χ1) is 9.28. The molecule has 2 N–H and O–H groups in total. The molecule has 2 rings (SSSR count). The highest BCUT2D eigenvalue weighted by molar-refractivity contribution is 7.92. The molecule has 0 aliphatic heterocycles. The van der Waals surface area contributed by atoms with Crippen LogP contribution in [0.2, 0.25) is 0 Å². The Kier molecular flexibility index (Phi) is 3.75. The number of primary amides is 1. The topological polar surface area (TPSA) is 86.5 Å². The number of methoxy groups -OCH3 is 1. The van der Waals surface area contributed by atoms with E-state index in [9.17, 15) is 13.2 Å². The van der Waals surface area contributed by atoms with Crippen molar-refractivity contribution in [2.24, 2.45) is 5.73 Å². The number of sulfone groups is 1. The van der Waals surface area contributed by atoms with Gasteiger partial charge in [0.25, 0.3) is 5.91 Å². The monoisotopic (exact) mass is 313 g/mol. The van der Waals surface area contributed by atoms with Gasteiger partial charge in [-0.25, -0.2) is 8.42 Å². The van der Waals surface area contributed by atoms with Gasteiger partial charge < -0.3 is 10.5 Å². The number of ether oxygens (including phenoxy) is 1. The number of nitrogens with two attached hydrogens (primary N) is 1. The fraction of sp³-hybridized carbons (Fsp3) is 0.308. The van der Waals surface area contributed by atoms with Gasteiger partial charge >= 0.3 is 0 Å². The van der Waals surface area contributed by atoms with Crippen molar-refractivity contribution in [2.45, 2.75) is 24.0 Å². The lowest BCUT2D eigenvalue weighted by atomic mass is 10.2. The molecule has 5 nitrogen and oxygen atoms in total. The Balaban J connectivity index is 2.91. The lowest BCUT2D eigenvalue weighted by Gasteiger charge is -2.08. The van der Waals surface area contributed by atoms with Crippen molar-refractivity contribution in [1.29, 1.82) is 0 Å². The Bertz CT molecular complexity index is 775. The van der Waals surface area contributed by atoms with Gasteiger partial charge in [0.05, 0.1) is 17.3 Å². The van der Waals surface area contributed by atoms with Crippen LogP contribution in [0.5, 0.6) is 5.75 Å². The normalized spacial score (nSPS) is 12.0. The van der Waals surface area contributed by atoms with Gasteiger partial charge in [-0.3, -0.25) is 4.79 Å². The zero-order valence-electron chi connectivity index (χ0n) is 11.3. The van der Waals surface area contributed by atoms with E-state index in [-0.39, 0.29) is 9.77 Å². The largest absolute Gasteiger partial charge is 0.497 e. The smallest absolute Gasteiger partial charge is 0.260 e. The van der Waals surface area contributed by atoms with Crippen LogP contribution in [0.4, 0.5) is 0 Å². The molecule has 0 fully saturated rings. The third kappa shape index (κ3) is 2.27. The van der Waals surface area contributed by atoms with Crippen molar-refractivity contribution in [3.63, 3.8) is 0 Å². The molecule has 20 heavy (non-hydrogen) atoms. The minimum atomic E-state index is -3.61. The second kappa shape index (κ2) is 5.06. The molecule has 1 aromatic carbocycles. The van der Waals surface area contributed by atoms with Gasteiger partial charge in [-0.05, 0) is 32.0 Å². The Morgan fingerprint density at radius 1 is 1.35 bits per heavy atom. The Morgan fingerprint density at radius 2 is 2.00 bits per heavy atom. The van der Waals surface area contributed by atoms with E-state index in [1.807, 2.05) is 0 Å². The number of fused-ring (bicyclic) bond motifs is 1. The number of hydrogen-bond donors (Lipinski definition) is 1. The molecule has 1 aromatic heterocycles. The highest BCUT2D eigenvalue weighted by atomic mass is 32.2. The molecule has 0 aliphatic carbocycles. The molecular weight excluding hydrogens is 298 g/mol. The van der Waals surface area contributed by atoms with E-state index in [1.54, 1.807) is 32.0 Å². The Labute approximate surface area is 121 Å². The number of benzene rings is 1. The van der Waals surface area contributed by atoms with Crippen LogP contribution >= 0.6 is 11.3 Å². The molecule has 0 aliphatic rings. The standard InChI is InChI=1S/C13H15NO4S2/c1-7(2)20(16,17)12-9-6-8(18-3)4-5-10(9)19-11(12)13(14)15/h4-7H,1-3H3,(H2,14,15). The molecule has 0 saturated carbocycles. The maximum absolute atomic E-state index is 12.5. The maximum Gasteiger partial charge on any atom is 0.260 e. The summed E-state index contributed by atoms with van der Waals surface area (Å²) in [5, 5.41) is -0.151. The van der Waals surface area contributed by atoms with E-state index in [0.717, 1.165) is 11.3 Å². The van der Waals surface area contributed by atoms with Crippen LogP contribution in [-0.4, -0.2) is 26.7 Å². The van der Waals surface area contributed by atoms with Gasteiger partial charge in [-0.2, -0.15) is 0 Å². The molecule has 0 saturated heterocycles. The minimum Gasteiger partial charge on any atom is -0.497 e. The fourth-order valence-corrected chi connectivity index (χ4v) is 4.64. The average Bonchev–Trinajstić information content (AvgIpc) is 2.77. The average molecular weight is 313 g/mol. The molecule has 1 amide bonds. The van der Waals surface area contributed by atoms with Crippen molar-refractivity contribution >= 4 is 37.2 Å². The van der Waals surface area contributed by atoms with Crippen molar-refractivity contribution < 1.29 is 17.9 Å². The Hall–Kier alpha value is -1.60. The van der Waals surface area contributed by atoms with Crippen LogP contribution in [0, 0.1) is 0 Å². The molecule has 0 spiro atoms. The lowest BCUT2D eigenvalue weighted by molar-refractivity contribution is 0.100. The summed E-state index contributed by atoms with van der Waals surface area (Å²) in [5.41, 5.74) is 5.32. The predicted octanol–water partition coefficient (Wildman–Crippen LogP) is 2.19. The molecule has 108 valence electrons. The zero-order valence-corrected chi connectivity index (χ0v) is 13.0. The Morgan fingerprint density at radius 3 is 2.50 bits per heavy atom. The van der Waals surface area contributed by atoms with Crippen LogP contribution in [0.25, 0.3) is 10.1 Å². The summed E-state index contributed by atoms with van der Waals surface area (Å²) < 4.78 is 30.8. The summed E-state index contributed by atoms with van der Waals surface area (Å²) in [5.74, 6) is -0.198. The summed E-state index contributed by atoms with van der Waals surface area (Å²) in [7, 11) is -2.11. The van der Waals surface area contributed by atoms with Crippen LogP contribution in [0.15, 0.2) is 23.1 Å². The number of hydrogen-bond acceptors (Lipinski definition) is 5. The van der Waals surface area contributed by atoms with Crippen molar-refractivity contribution in [3.05, 3.63) is 23.1 Å². The first-order valence-corrected chi connectivity index (χ1v) is 8.29. The molecule has 0 bridgehead atoms. The maximum atomic E-state index is 12.5. The first-order valence-electron chi connectivity index (χ1n) is 5.93. The third-order valence-electron chi connectivity index (χ3n) is 2.98. The van der Waals surface area contributed by atoms with E-state index in [0.29, 0.717) is 15.8 Å². The van der Waals surface area contributed by atoms with Gasteiger partial charge in [0.15, 0.2) is 9.84 Å². The van der Waals surface area contributed by atoms with Crippen molar-refractivity contribution in [1.82, 2.24) is 0 Å². The van der Waals surface area contributed by atoms with Crippen molar-refractivity contribution in [3.8, 4) is 5.75 Å². The molecule has 7 heteroatoms. The number of rotatable bonds is 4. The molecular formula is C13H15NO4S2. The summed E-state index contributed by atoms with van der Waals surface area (Å²) in [4.78, 5) is 11.6. The van der Waals surface area contributed by atoms with Gasteiger partial charge in [0, 0.05) is 10.1 Å². The highest BCUT2D eigenvalue weighted by Gasteiger charge is 2.29. The van der Waals surface area contributed by atoms with Gasteiger partial charge in [-0.1, -0.05) is 0 Å². The number of thiophene rings is 1. The quantitative estimate of drug-likeness (QED) is 0.937. The van der Waals surface area contributed by atoms with E-state index in [2.05, 4.69) is 0 Å². The predicted molar refractivity (Wildman–Crippen MR) is 79.2 cm³/mol. The number of carbonyl (C=O) groups is 1. The van der Waals surface area contributed by atoms with E-state index < -0.39 is 21.0 Å². The second-order valence-corrected chi connectivity index (χ2v) is 8.07. The second-order valence-electron chi connectivity index (χ2n) is 4.58. The molecule has 0 atom stereocenters. The number of carbonyl (C=O) groups excluding carboxylic acids is 1. The van der Waals surface area contributed by atoms with Crippen LogP contribution in [0.3, 0.4) is 0 Å². The summed E-state index contributed by atoms with van der Waals surface area (Å²) in [6, 6.07) is 5.06. The molecule has 1 heterocycles. The highest BCUT2D eigenvalue weighted by Crippen LogP contribution is 2.38. The summed E-state index contributed by atoms with van der Waals surface area (Å²) >= 11 is 1.09. The molecule has 2 aromatic rings. The summed E-state index contributed by atoms with van der Waals surface area (Å²) in [6.45, 7) is 3.15. The number of amides is 1. The zero-order chi connectivity index (χ0) is 15.1. The van der Waals surface area contributed by atoms with E-state index >= 15 is 0 Å². The lowest BCUT2D eigenvalue weighted by Crippen LogP contribution is -2.19. The van der Waals surface area contributed by atoms with Crippen molar-refractivity contribution in [2.75, 3.05) is 7.11 Å². The molecule has 0 radical (unpaired) electrons. The van der Waals surface area contributed by atoms with Crippen LogP contribution in [-0.2, 0) is 9.84 Å². The minimum absolute atomic E-state index is 0.0129. The van der Waals surface area contributed by atoms with E-state index in [4.69, 9.17) is 10.5 Å². The van der Waals surface area contributed by atoms with Crippen LogP contribution < -0.4 is 10.5 Å². The molecule has 0 unspecified atom stereocenters. The SMILES string of the molecule is COc1ccc2sc(C(N)=O)c(S(=O)(=O)C(C)C)c2c1. The van der Waals surface area contributed by atoms with Crippen LogP contribution in [0.1, 0.15) is 23.5 Å². The van der Waals surface area contributed by atoms with Gasteiger partial charge in [0.1, 0.15) is 10.6 Å². The van der Waals surface area contributed by atoms with E-state index in [1.165, 1.54) is 7.11 Å². The third-order valence-corrected chi connectivity index (χ3v) is 6.53. The van der Waals surface area contributed by atoms with Gasteiger partial charge in [-0.15, -0.1) is 11.3 Å². The first kappa shape index (κ1) is 14.8. The summed E-state index contributed by atoms with van der Waals surface area (Å²) in [6.07, 6.45) is 0.